The third-order valence-electron chi connectivity index (χ3n) is 5.92. The average Bonchev–Trinajstić information content (AvgIpc) is 3.52. The first-order valence-corrected chi connectivity index (χ1v) is 11.6. The van der Waals surface area contributed by atoms with Crippen molar-refractivity contribution in [2.75, 3.05) is 0 Å². The number of hydrogen-bond donors (Lipinski definition) is 1. The third-order valence-corrected chi connectivity index (χ3v) is 5.92. The highest BCUT2D eigenvalue weighted by atomic mass is 19.1. The molecule has 5 aromatic rings. The van der Waals surface area contributed by atoms with Crippen LogP contribution in [-0.2, 0) is 17.8 Å². The number of carbonyl (C=O) groups is 1. The molecule has 0 radical (unpaired) electrons. The van der Waals surface area contributed by atoms with Crippen molar-refractivity contribution in [3.05, 3.63) is 109 Å². The molecule has 1 amide bonds. The number of aromatic nitrogens is 3. The van der Waals surface area contributed by atoms with E-state index in [1.165, 1.54) is 12.1 Å². The molecule has 7 heteroatoms. The highest BCUT2D eigenvalue weighted by Gasteiger charge is 2.17. The lowest BCUT2D eigenvalue weighted by atomic mass is 10.1. The highest BCUT2D eigenvalue weighted by Crippen LogP contribution is 2.22. The minimum Gasteiger partial charge on any atom is -0.441 e. The average molecular weight is 469 g/mol. The lowest BCUT2D eigenvalue weighted by Crippen LogP contribution is -2.31. The normalized spacial score (nSPS) is 12.0. The van der Waals surface area contributed by atoms with Crippen LogP contribution in [-0.4, -0.2) is 20.4 Å². The maximum absolute atomic E-state index is 13.5. The van der Waals surface area contributed by atoms with Gasteiger partial charge in [-0.25, -0.2) is 14.4 Å². The van der Waals surface area contributed by atoms with Crippen molar-refractivity contribution in [2.24, 2.45) is 0 Å². The van der Waals surface area contributed by atoms with Crippen LogP contribution in [0.5, 0.6) is 0 Å². The van der Waals surface area contributed by atoms with Crippen molar-refractivity contribution >= 4 is 16.9 Å². The number of amides is 1. The summed E-state index contributed by atoms with van der Waals surface area (Å²) in [6.07, 6.45) is 4.97. The molecular weight excluding hydrogens is 443 g/mol. The van der Waals surface area contributed by atoms with Crippen LogP contribution in [0, 0.1) is 5.82 Å². The van der Waals surface area contributed by atoms with Gasteiger partial charge >= 0.3 is 0 Å². The number of nitrogens with zero attached hydrogens (tertiary/aromatic N) is 3. The van der Waals surface area contributed by atoms with E-state index in [1.54, 1.807) is 24.7 Å². The van der Waals surface area contributed by atoms with E-state index in [1.807, 2.05) is 59.2 Å². The second-order valence-corrected chi connectivity index (χ2v) is 8.40. The van der Waals surface area contributed by atoms with E-state index < -0.39 is 0 Å². The molecule has 0 aliphatic heterocycles. The zero-order valence-electron chi connectivity index (χ0n) is 19.1. The Balaban J connectivity index is 1.23. The molecule has 6 nitrogen and oxygen atoms in total. The summed E-state index contributed by atoms with van der Waals surface area (Å²) in [4.78, 5) is 21.6. The fraction of sp³-hybridized carbons (Fsp3) is 0.179. The van der Waals surface area contributed by atoms with Gasteiger partial charge in [-0.15, -0.1) is 0 Å². The largest absolute Gasteiger partial charge is 0.441 e. The summed E-state index contributed by atoms with van der Waals surface area (Å²) in [6, 6.07) is 23.5. The second kappa shape index (κ2) is 10.3. The molecule has 2 aromatic heterocycles. The molecule has 0 saturated heterocycles. The van der Waals surface area contributed by atoms with Crippen molar-refractivity contribution < 1.29 is 13.6 Å². The predicted molar refractivity (Wildman–Crippen MR) is 132 cm³/mol. The number of rotatable bonds is 9. The van der Waals surface area contributed by atoms with Crippen molar-refractivity contribution in [1.29, 1.82) is 0 Å². The number of imidazole rings is 1. The standard InChI is InChI=1S/C28H25FN4O2/c29-22-15-13-20(14-16-22)24(18-33-19-31-23-9-4-5-10-25(23)33)32-27(34)11-6-12-28-30-17-26(35-28)21-7-2-1-3-8-21/h1-5,7-10,13-17,19,24H,6,11-12,18H2,(H,32,34). The molecular formula is C28H25FN4O2. The second-order valence-electron chi connectivity index (χ2n) is 8.40. The Morgan fingerprint density at radius 2 is 1.74 bits per heavy atom. The van der Waals surface area contributed by atoms with Crippen LogP contribution in [0.1, 0.15) is 30.3 Å². The zero-order chi connectivity index (χ0) is 24.0. The lowest BCUT2D eigenvalue weighted by molar-refractivity contribution is -0.122. The Labute approximate surface area is 202 Å². The van der Waals surface area contributed by atoms with Gasteiger partial charge in [0.15, 0.2) is 11.7 Å². The van der Waals surface area contributed by atoms with Crippen LogP contribution in [0.3, 0.4) is 0 Å². The Morgan fingerprint density at radius 3 is 2.57 bits per heavy atom. The number of carbonyl (C=O) groups excluding carboxylic acids is 1. The molecule has 0 spiro atoms. The van der Waals surface area contributed by atoms with Gasteiger partial charge in [0, 0.05) is 24.9 Å². The summed E-state index contributed by atoms with van der Waals surface area (Å²) >= 11 is 0. The molecule has 5 rings (SSSR count). The number of hydrogen-bond acceptors (Lipinski definition) is 4. The van der Waals surface area contributed by atoms with E-state index in [9.17, 15) is 9.18 Å². The first-order valence-electron chi connectivity index (χ1n) is 11.6. The van der Waals surface area contributed by atoms with E-state index in [2.05, 4.69) is 15.3 Å². The molecule has 0 bridgehead atoms. The van der Waals surface area contributed by atoms with Gasteiger partial charge in [0.2, 0.25) is 5.91 Å². The van der Waals surface area contributed by atoms with E-state index in [-0.39, 0.29) is 17.8 Å². The Kier molecular flexibility index (Phi) is 6.66. The summed E-state index contributed by atoms with van der Waals surface area (Å²) < 4.78 is 21.4. The van der Waals surface area contributed by atoms with Gasteiger partial charge in [-0.1, -0.05) is 54.6 Å². The Hall–Kier alpha value is -4.26. The van der Waals surface area contributed by atoms with E-state index in [4.69, 9.17) is 4.42 Å². The number of aryl methyl sites for hydroxylation is 1. The Morgan fingerprint density at radius 1 is 0.971 bits per heavy atom. The number of benzene rings is 3. The zero-order valence-corrected chi connectivity index (χ0v) is 19.1. The SMILES string of the molecule is O=C(CCCc1ncc(-c2ccccc2)o1)NC(Cn1cnc2ccccc21)c1ccc(F)cc1. The summed E-state index contributed by atoms with van der Waals surface area (Å²) in [5.74, 6) is 0.928. The van der Waals surface area contributed by atoms with Gasteiger partial charge in [-0.3, -0.25) is 4.79 Å². The number of para-hydroxylation sites is 2. The molecule has 0 fully saturated rings. The van der Waals surface area contributed by atoms with Crippen LogP contribution in [0.4, 0.5) is 4.39 Å². The number of fused-ring (bicyclic) bond motifs is 1. The van der Waals surface area contributed by atoms with Gasteiger partial charge < -0.3 is 14.3 Å². The summed E-state index contributed by atoms with van der Waals surface area (Å²) in [5, 5.41) is 3.11. The molecule has 0 aliphatic rings. The smallest absolute Gasteiger partial charge is 0.220 e. The maximum atomic E-state index is 13.5. The van der Waals surface area contributed by atoms with Crippen LogP contribution in [0.15, 0.2) is 95.8 Å². The fourth-order valence-electron chi connectivity index (χ4n) is 4.11. The quantitative estimate of drug-likeness (QED) is 0.301. The lowest BCUT2D eigenvalue weighted by Gasteiger charge is -2.20. The molecule has 3 aromatic carbocycles. The molecule has 0 saturated carbocycles. The van der Waals surface area contributed by atoms with Crippen molar-refractivity contribution in [3.8, 4) is 11.3 Å². The topological polar surface area (TPSA) is 73.0 Å². The van der Waals surface area contributed by atoms with Gasteiger partial charge in [0.1, 0.15) is 5.82 Å². The fourth-order valence-corrected chi connectivity index (χ4v) is 4.11. The molecule has 2 heterocycles. The number of nitrogens with one attached hydrogen (secondary N) is 1. The predicted octanol–water partition coefficient (Wildman–Crippen LogP) is 5.71. The van der Waals surface area contributed by atoms with Gasteiger partial charge in [0.05, 0.1) is 29.6 Å². The van der Waals surface area contributed by atoms with Crippen molar-refractivity contribution in [2.45, 2.75) is 31.8 Å². The molecule has 0 aliphatic carbocycles. The minimum atomic E-state index is -0.327. The molecule has 1 unspecified atom stereocenters. The van der Waals surface area contributed by atoms with Gasteiger partial charge in [-0.05, 0) is 36.2 Å². The Bertz CT molecular complexity index is 1410. The van der Waals surface area contributed by atoms with Crippen molar-refractivity contribution in [1.82, 2.24) is 19.9 Å². The number of halogens is 1. The highest BCUT2D eigenvalue weighted by molar-refractivity contribution is 5.77. The summed E-state index contributed by atoms with van der Waals surface area (Å²) in [6.45, 7) is 0.484. The van der Waals surface area contributed by atoms with Crippen molar-refractivity contribution in [3.63, 3.8) is 0 Å². The third kappa shape index (κ3) is 5.46. The van der Waals surface area contributed by atoms with E-state index in [0.717, 1.165) is 22.2 Å². The first kappa shape index (κ1) is 22.5. The van der Waals surface area contributed by atoms with Gasteiger partial charge in [-0.2, -0.15) is 0 Å². The summed E-state index contributed by atoms with van der Waals surface area (Å²) in [7, 11) is 0. The van der Waals surface area contributed by atoms with E-state index in [0.29, 0.717) is 37.5 Å². The van der Waals surface area contributed by atoms with Crippen LogP contribution >= 0.6 is 0 Å². The number of oxazole rings is 1. The van der Waals surface area contributed by atoms with Crippen LogP contribution in [0.2, 0.25) is 0 Å². The van der Waals surface area contributed by atoms with Crippen LogP contribution in [0.25, 0.3) is 22.4 Å². The van der Waals surface area contributed by atoms with E-state index >= 15 is 0 Å². The molecule has 35 heavy (non-hydrogen) atoms. The van der Waals surface area contributed by atoms with Gasteiger partial charge in [0.25, 0.3) is 0 Å². The van der Waals surface area contributed by atoms with Crippen LogP contribution < -0.4 is 5.32 Å². The first-order chi connectivity index (χ1) is 17.2. The maximum Gasteiger partial charge on any atom is 0.220 e. The molecule has 176 valence electrons. The minimum absolute atomic E-state index is 0.0846. The monoisotopic (exact) mass is 468 g/mol. The summed E-state index contributed by atoms with van der Waals surface area (Å²) in [5.41, 5.74) is 3.67. The molecule has 1 N–H and O–H groups in total. The molecule has 1 atom stereocenters.